The first-order chi connectivity index (χ1) is 70.7. The first-order valence-electron chi connectivity index (χ1n) is 50.3. The Balaban J connectivity index is 0.888. The molecule has 0 radical (unpaired) electrons. The minimum absolute atomic E-state index is 0.0795. The number of methoxy groups -OCH3 is 2. The van der Waals surface area contributed by atoms with Crippen LogP contribution in [0.2, 0.25) is 0 Å². The standard InChI is InChI=1S/C99H156N12O34S2/c1-64(112)139-58-74-89(125)92(128)86(100)95(143-74)136-47-14-11-24-77(116)103-40-18-43-106-81(120)37-50-133-61-98(62-134-51-38-82(121)107-44-19-41-104-78(117)25-12-15-48-137-96-87(101)93(129)90(126)75(144-96)59-140-65(2)113,63-135-52-39-83(122)108-45-20-42-105-79(118)26-13-16-49-138-97-88(102)94(130)91(127)76(145-97)60-141-66(3)114)110-84(123)27-10-9-23-80(119)109-46-54-147-146-53-17-28-85(124)111-56-71(115)55-70(111)57-142-99(67-21-7-6-8-22-67,68-29-33-72(131-4)34-30-68)69-31-35-73(132-5)36-32-69/h6-8,21-22,29-36,70-71,74-76,86-97,115,125-130H,9-20,23-28,37-63,100-102H2,1-5H3,(H,103,116)(H,104,117)(H,105,118)(H,106,120)(H,107,121)(H,108,122)(H,109,119)(H,110,123)/t70-,71+,74?,75?,76?,86-,87?,88?,89?,90?,91?,92?,93?,94?,95?,96?,97?,98?/m0/s1. The van der Waals surface area contributed by atoms with E-state index in [0.717, 1.165) is 16.7 Å². The Kier molecular flexibility index (Phi) is 58.8. The van der Waals surface area contributed by atoms with Crippen molar-refractivity contribution < 1.29 is 164 Å². The molecule has 17 atom stereocenters. The zero-order valence-corrected chi connectivity index (χ0v) is 86.4. The van der Waals surface area contributed by atoms with Gasteiger partial charge in [0.25, 0.3) is 0 Å². The van der Waals surface area contributed by atoms with Gasteiger partial charge in [-0.05, 0) is 124 Å². The lowest BCUT2D eigenvalue weighted by molar-refractivity contribution is -0.267. The van der Waals surface area contributed by atoms with Crippen molar-refractivity contribution in [2.45, 2.75) is 277 Å². The van der Waals surface area contributed by atoms with E-state index in [1.54, 1.807) is 40.7 Å². The van der Waals surface area contributed by atoms with Gasteiger partial charge < -0.3 is 171 Å². The fourth-order valence-corrected chi connectivity index (χ4v) is 18.2. The molecule has 0 saturated carbocycles. The van der Waals surface area contributed by atoms with Gasteiger partial charge >= 0.3 is 17.9 Å². The van der Waals surface area contributed by atoms with Crippen molar-refractivity contribution in [3.05, 3.63) is 95.6 Å². The Hall–Kier alpha value is -9.20. The molecule has 0 spiro atoms. The van der Waals surface area contributed by atoms with Crippen LogP contribution in [0.1, 0.15) is 179 Å². The maximum Gasteiger partial charge on any atom is 0.302 e. The van der Waals surface area contributed by atoms with Crippen LogP contribution >= 0.6 is 21.6 Å². The number of amides is 9. The molecule has 4 saturated heterocycles. The molecule has 4 aliphatic heterocycles. The van der Waals surface area contributed by atoms with Crippen LogP contribution in [0.4, 0.5) is 0 Å². The van der Waals surface area contributed by atoms with Gasteiger partial charge in [-0.15, -0.1) is 0 Å². The summed E-state index contributed by atoms with van der Waals surface area (Å²) in [5.41, 5.74) is 18.0. The molecule has 4 heterocycles. The topological polar surface area (TPSA) is 662 Å². The van der Waals surface area contributed by atoms with E-state index in [-0.39, 0.29) is 225 Å². The quantitative estimate of drug-likeness (QED) is 0.0110. The number of carbonyl (C=O) groups excluding carboxylic acids is 12. The van der Waals surface area contributed by atoms with E-state index in [0.29, 0.717) is 107 Å². The van der Waals surface area contributed by atoms with Gasteiger partial charge in [-0.2, -0.15) is 0 Å². The monoisotopic (exact) mass is 2120 g/mol. The Morgan fingerprint density at radius 3 is 1.05 bits per heavy atom. The van der Waals surface area contributed by atoms with Crippen LogP contribution in [0.3, 0.4) is 0 Å². The fourth-order valence-electron chi connectivity index (χ4n) is 16.2. The van der Waals surface area contributed by atoms with E-state index >= 15 is 0 Å². The summed E-state index contributed by atoms with van der Waals surface area (Å²) in [7, 11) is 6.33. The summed E-state index contributed by atoms with van der Waals surface area (Å²) < 4.78 is 85.4. The van der Waals surface area contributed by atoms with Crippen molar-refractivity contribution in [2.75, 3.05) is 164 Å². The lowest BCUT2D eigenvalue weighted by Crippen LogP contribution is -2.62. The summed E-state index contributed by atoms with van der Waals surface area (Å²) in [6, 6.07) is 21.5. The SMILES string of the molecule is COc1ccc(C(OC[C@@H]2C[C@@H](O)CN2C(=O)CCCSSCCNC(=O)CCCCC(=O)NC(COCCC(=O)NCCCNC(=O)CCCCOC2OC(COC(C)=O)C(O)C(O)C2N)(COCCC(=O)NCCCNC(=O)CCCCOC2OC(COC(C)=O)C(O)C(O)C2N)COCCC(=O)NCCCNC(=O)CCCCOC2OC(COC(C)=O)C(O)C(O)[C@@H]2N)(c2ccccc2)c2ccc(OC)cc2)cc1. The third-order valence-electron chi connectivity index (χ3n) is 24.4. The minimum Gasteiger partial charge on any atom is -0.497 e. The van der Waals surface area contributed by atoms with Crippen LogP contribution in [0.5, 0.6) is 11.5 Å². The van der Waals surface area contributed by atoms with E-state index < -0.39 is 157 Å². The van der Waals surface area contributed by atoms with E-state index in [2.05, 4.69) is 42.5 Å². The number of benzene rings is 3. The van der Waals surface area contributed by atoms with Gasteiger partial charge in [-0.1, -0.05) is 76.2 Å². The molecule has 4 aliphatic rings. The third-order valence-corrected chi connectivity index (χ3v) is 26.9. The second-order valence-corrected chi connectivity index (χ2v) is 39.0. The van der Waals surface area contributed by atoms with E-state index in [9.17, 15) is 93.3 Å². The van der Waals surface area contributed by atoms with Crippen LogP contribution in [0.25, 0.3) is 0 Å². The molecule has 21 N–H and O–H groups in total. The van der Waals surface area contributed by atoms with Gasteiger partial charge in [-0.3, -0.25) is 57.5 Å². The van der Waals surface area contributed by atoms with Crippen molar-refractivity contribution >= 4 is 92.7 Å². The van der Waals surface area contributed by atoms with Crippen LogP contribution in [0.15, 0.2) is 78.9 Å². The van der Waals surface area contributed by atoms with Crippen molar-refractivity contribution in [1.82, 2.24) is 47.4 Å². The number of β-amino-alcohol motifs (C(OH)–C–C–N with tert-alkyl or cyclic N) is 1. The highest BCUT2D eigenvalue weighted by molar-refractivity contribution is 8.76. The summed E-state index contributed by atoms with van der Waals surface area (Å²) in [6.45, 7) is 3.30. The molecule has 3 aromatic rings. The van der Waals surface area contributed by atoms with Crippen LogP contribution < -0.4 is 69.2 Å². The smallest absolute Gasteiger partial charge is 0.302 e. The number of ether oxygens (including phenoxy) is 15. The fraction of sp³-hybridized carbons (Fsp3) is 0.697. The molecule has 3 aromatic carbocycles. The number of unbranched alkanes of at least 4 members (excludes halogenated alkanes) is 4. The summed E-state index contributed by atoms with van der Waals surface area (Å²) in [6.07, 6.45) is -10.5. The van der Waals surface area contributed by atoms with E-state index in [1.165, 1.54) is 20.8 Å². The predicted octanol–water partition coefficient (Wildman–Crippen LogP) is -0.673. The summed E-state index contributed by atoms with van der Waals surface area (Å²) >= 11 is 0. The number of nitrogens with two attached hydrogens (primary N) is 3. The summed E-state index contributed by atoms with van der Waals surface area (Å²) in [4.78, 5) is 155. The molecule has 48 heteroatoms. The Bertz CT molecular complexity index is 4110. The molecule has 147 heavy (non-hydrogen) atoms. The maximum absolute atomic E-state index is 14.2. The Labute approximate surface area is 865 Å². The molecule has 46 nitrogen and oxygen atoms in total. The summed E-state index contributed by atoms with van der Waals surface area (Å²) in [5, 5.41) is 96.1. The molecular weight excluding hydrogens is 1970 g/mol. The van der Waals surface area contributed by atoms with Crippen molar-refractivity contribution in [3.63, 3.8) is 0 Å². The van der Waals surface area contributed by atoms with Crippen LogP contribution in [-0.2, 0) is 125 Å². The number of hydrogen-bond acceptors (Lipinski definition) is 39. The number of nitrogens with one attached hydrogen (secondary N) is 8. The molecule has 7 rings (SSSR count). The number of likely N-dealkylation sites (tertiary alicyclic amines) is 1. The van der Waals surface area contributed by atoms with Crippen LogP contribution in [0, 0.1) is 0 Å². The predicted molar refractivity (Wildman–Crippen MR) is 534 cm³/mol. The highest BCUT2D eigenvalue weighted by Crippen LogP contribution is 2.43. The van der Waals surface area contributed by atoms with Crippen molar-refractivity contribution in [1.29, 1.82) is 0 Å². The minimum atomic E-state index is -1.52. The Morgan fingerprint density at radius 1 is 0.374 bits per heavy atom. The van der Waals surface area contributed by atoms with Crippen LogP contribution in [-0.4, -0.2) is 385 Å². The average Bonchev–Trinajstić information content (AvgIpc) is 1.42. The average molecular weight is 2120 g/mol. The number of aliphatic hydroxyl groups is 7. The zero-order valence-electron chi connectivity index (χ0n) is 84.8. The molecule has 9 amide bonds. The lowest BCUT2D eigenvalue weighted by atomic mass is 9.80. The third kappa shape index (κ3) is 45.9. The first kappa shape index (κ1) is 125. The van der Waals surface area contributed by atoms with Gasteiger partial charge in [0.1, 0.15) is 97.4 Å². The van der Waals surface area contributed by atoms with Gasteiger partial charge in [0, 0.05) is 162 Å². The van der Waals surface area contributed by atoms with Crippen molar-refractivity contribution in [2.24, 2.45) is 17.2 Å². The molecule has 0 aliphatic carbocycles. The van der Waals surface area contributed by atoms with Gasteiger partial charge in [0.15, 0.2) is 18.9 Å². The number of rotatable bonds is 73. The first-order valence-corrected chi connectivity index (χ1v) is 52.8. The number of carbonyl (C=O) groups is 12. The Morgan fingerprint density at radius 2 is 0.701 bits per heavy atom. The van der Waals surface area contributed by atoms with Gasteiger partial charge in [0.05, 0.1) is 90.7 Å². The van der Waals surface area contributed by atoms with Gasteiger partial charge in [0.2, 0.25) is 53.2 Å². The molecule has 0 bridgehead atoms. The second-order valence-electron chi connectivity index (χ2n) is 36.3. The molecule has 4 fully saturated rings. The molecular formula is C99H156N12O34S2. The normalized spacial score (nSPS) is 22.7. The maximum atomic E-state index is 14.2. The molecule has 14 unspecified atom stereocenters. The summed E-state index contributed by atoms with van der Waals surface area (Å²) in [5.74, 6) is -2.07. The number of aliphatic hydroxyl groups excluding tert-OH is 7. The van der Waals surface area contributed by atoms with E-state index in [4.69, 9.17) is 88.3 Å². The highest BCUT2D eigenvalue weighted by Gasteiger charge is 2.48. The lowest BCUT2D eigenvalue weighted by Gasteiger charge is -2.40. The van der Waals surface area contributed by atoms with Crippen molar-refractivity contribution in [3.8, 4) is 11.5 Å². The molecule has 0 aromatic heterocycles. The second kappa shape index (κ2) is 69.3. The zero-order chi connectivity index (χ0) is 107. The van der Waals surface area contributed by atoms with E-state index in [1.807, 2.05) is 78.9 Å². The highest BCUT2D eigenvalue weighted by atomic mass is 33.1. The number of esters is 3. The largest absolute Gasteiger partial charge is 0.497 e. The number of nitrogens with zero attached hydrogens (tertiary/aromatic N) is 1. The molecule has 828 valence electrons. The number of hydrogen-bond donors (Lipinski definition) is 18. The van der Waals surface area contributed by atoms with Gasteiger partial charge in [-0.25, -0.2) is 0 Å².